The van der Waals surface area contributed by atoms with Crippen molar-refractivity contribution < 1.29 is 9.32 Å². The highest BCUT2D eigenvalue weighted by atomic mass is 79.9. The molecule has 1 aliphatic rings. The van der Waals surface area contributed by atoms with Gasteiger partial charge in [0.25, 0.3) is 5.91 Å². The van der Waals surface area contributed by atoms with Crippen LogP contribution >= 0.6 is 15.9 Å². The summed E-state index contributed by atoms with van der Waals surface area (Å²) in [5.74, 6) is 1.29. The van der Waals surface area contributed by atoms with Gasteiger partial charge in [-0.25, -0.2) is 0 Å². The second-order valence-electron chi connectivity index (χ2n) is 5.71. The van der Waals surface area contributed by atoms with Crippen LogP contribution in [-0.4, -0.2) is 34.0 Å². The second-order valence-corrected chi connectivity index (χ2v) is 6.56. The van der Waals surface area contributed by atoms with E-state index < -0.39 is 0 Å². The van der Waals surface area contributed by atoms with E-state index >= 15 is 0 Å². The molecule has 0 atom stereocenters. The Hall–Kier alpha value is -2.47. The Morgan fingerprint density at radius 1 is 1.08 bits per heavy atom. The zero-order valence-electron chi connectivity index (χ0n) is 12.7. The quantitative estimate of drug-likeness (QED) is 0.691. The molecule has 0 radical (unpaired) electrons. The van der Waals surface area contributed by atoms with Gasteiger partial charge in [-0.1, -0.05) is 47.6 Å². The zero-order chi connectivity index (χ0) is 16.5. The summed E-state index contributed by atoms with van der Waals surface area (Å²) in [5, 5.41) is 4.03. The predicted octanol–water partition coefficient (Wildman–Crippen LogP) is 3.74. The van der Waals surface area contributed by atoms with Crippen molar-refractivity contribution in [3.63, 3.8) is 0 Å². The Morgan fingerprint density at radius 2 is 1.79 bits per heavy atom. The van der Waals surface area contributed by atoms with Gasteiger partial charge in [-0.3, -0.25) is 4.79 Å². The van der Waals surface area contributed by atoms with Crippen molar-refractivity contribution >= 4 is 21.8 Å². The van der Waals surface area contributed by atoms with Crippen LogP contribution < -0.4 is 0 Å². The van der Waals surface area contributed by atoms with E-state index in [-0.39, 0.29) is 11.8 Å². The Balaban J connectivity index is 1.44. The minimum atomic E-state index is 0.0153. The molecule has 5 nitrogen and oxygen atoms in total. The fraction of sp³-hybridized carbons (Fsp3) is 0.167. The van der Waals surface area contributed by atoms with Crippen LogP contribution in [0.2, 0.25) is 0 Å². The van der Waals surface area contributed by atoms with E-state index in [0.29, 0.717) is 30.4 Å². The maximum atomic E-state index is 12.5. The average Bonchev–Trinajstić information content (AvgIpc) is 3.04. The van der Waals surface area contributed by atoms with Gasteiger partial charge in [-0.05, 0) is 28.1 Å². The molecule has 1 aliphatic heterocycles. The number of hydrogen-bond acceptors (Lipinski definition) is 4. The van der Waals surface area contributed by atoms with E-state index in [1.165, 1.54) is 0 Å². The fourth-order valence-electron chi connectivity index (χ4n) is 2.71. The minimum absolute atomic E-state index is 0.0153. The molecule has 2 aromatic carbocycles. The number of hydrogen-bond donors (Lipinski definition) is 0. The fourth-order valence-corrected chi connectivity index (χ4v) is 3.17. The van der Waals surface area contributed by atoms with Gasteiger partial charge < -0.3 is 9.42 Å². The number of nitrogens with zero attached hydrogens (tertiary/aromatic N) is 3. The van der Waals surface area contributed by atoms with Crippen LogP contribution in [0.5, 0.6) is 0 Å². The van der Waals surface area contributed by atoms with Crippen molar-refractivity contribution in [2.24, 2.45) is 0 Å². The monoisotopic (exact) mass is 383 g/mol. The third kappa shape index (κ3) is 2.73. The minimum Gasteiger partial charge on any atom is -0.339 e. The zero-order valence-corrected chi connectivity index (χ0v) is 14.3. The summed E-state index contributed by atoms with van der Waals surface area (Å²) >= 11 is 3.42. The molecule has 1 fully saturated rings. The number of carbonyl (C=O) groups excluding carboxylic acids is 1. The first kappa shape index (κ1) is 15.1. The predicted molar refractivity (Wildman–Crippen MR) is 92.5 cm³/mol. The van der Waals surface area contributed by atoms with Gasteiger partial charge in [0.2, 0.25) is 11.7 Å². The lowest BCUT2D eigenvalue weighted by molar-refractivity contribution is 0.0568. The summed E-state index contributed by atoms with van der Waals surface area (Å²) in [5.41, 5.74) is 1.60. The largest absolute Gasteiger partial charge is 0.339 e. The van der Waals surface area contributed by atoms with Crippen molar-refractivity contribution in [2.75, 3.05) is 13.1 Å². The lowest BCUT2D eigenvalue weighted by Crippen LogP contribution is -2.48. The molecule has 120 valence electrons. The Kier molecular flexibility index (Phi) is 3.90. The molecular weight excluding hydrogens is 370 g/mol. The number of halogens is 1. The normalized spacial score (nSPS) is 14.5. The third-order valence-corrected chi connectivity index (χ3v) is 4.79. The molecule has 0 unspecified atom stereocenters. The van der Waals surface area contributed by atoms with Crippen LogP contribution in [0.15, 0.2) is 63.6 Å². The van der Waals surface area contributed by atoms with Gasteiger partial charge >= 0.3 is 0 Å². The van der Waals surface area contributed by atoms with Gasteiger partial charge in [0.1, 0.15) is 0 Å². The molecule has 4 rings (SSSR count). The molecule has 1 amide bonds. The first-order valence-corrected chi connectivity index (χ1v) is 8.44. The van der Waals surface area contributed by atoms with Crippen LogP contribution in [-0.2, 0) is 0 Å². The molecule has 0 saturated carbocycles. The Morgan fingerprint density at radius 3 is 2.54 bits per heavy atom. The summed E-state index contributed by atoms with van der Waals surface area (Å²) in [6, 6.07) is 17.1. The molecule has 0 spiro atoms. The van der Waals surface area contributed by atoms with Crippen molar-refractivity contribution in [3.8, 4) is 11.4 Å². The Bertz CT molecular complexity index is 873. The molecule has 6 heteroatoms. The summed E-state index contributed by atoms with van der Waals surface area (Å²) in [7, 11) is 0. The van der Waals surface area contributed by atoms with E-state index in [0.717, 1.165) is 10.0 Å². The van der Waals surface area contributed by atoms with E-state index in [1.807, 2.05) is 54.6 Å². The molecular formula is C18H14BrN3O2. The molecule has 1 aromatic heterocycles. The lowest BCUT2D eigenvalue weighted by atomic mass is 9.98. The Labute approximate surface area is 147 Å². The SMILES string of the molecule is O=C(c1ccccc1Br)N1CC(c2nc(-c3ccccc3)no2)C1. The first-order chi connectivity index (χ1) is 11.7. The average molecular weight is 384 g/mol. The standard InChI is InChI=1S/C18H14BrN3O2/c19-15-9-5-4-8-14(15)18(23)22-10-13(11-22)17-20-16(21-24-17)12-6-2-1-3-7-12/h1-9,13H,10-11H2. The van der Waals surface area contributed by atoms with Gasteiger partial charge in [-0.15, -0.1) is 0 Å². The van der Waals surface area contributed by atoms with Crippen LogP contribution in [0.1, 0.15) is 22.2 Å². The van der Waals surface area contributed by atoms with E-state index in [1.54, 1.807) is 4.90 Å². The van der Waals surface area contributed by atoms with Crippen LogP contribution in [0.3, 0.4) is 0 Å². The summed E-state index contributed by atoms with van der Waals surface area (Å²) in [6.07, 6.45) is 0. The lowest BCUT2D eigenvalue weighted by Gasteiger charge is -2.37. The summed E-state index contributed by atoms with van der Waals surface area (Å²) < 4.78 is 6.18. The van der Waals surface area contributed by atoms with Crippen LogP contribution in [0, 0.1) is 0 Å². The topological polar surface area (TPSA) is 59.2 Å². The number of benzene rings is 2. The number of rotatable bonds is 3. The number of aromatic nitrogens is 2. The van der Waals surface area contributed by atoms with Gasteiger partial charge in [0.15, 0.2) is 0 Å². The van der Waals surface area contributed by atoms with Crippen molar-refractivity contribution in [1.82, 2.24) is 15.0 Å². The highest BCUT2D eigenvalue weighted by Crippen LogP contribution is 2.30. The van der Waals surface area contributed by atoms with E-state index in [4.69, 9.17) is 4.52 Å². The molecule has 0 aliphatic carbocycles. The molecule has 0 bridgehead atoms. The molecule has 2 heterocycles. The molecule has 0 N–H and O–H groups in total. The molecule has 24 heavy (non-hydrogen) atoms. The maximum Gasteiger partial charge on any atom is 0.255 e. The third-order valence-electron chi connectivity index (χ3n) is 4.10. The van der Waals surface area contributed by atoms with Gasteiger partial charge in [-0.2, -0.15) is 4.98 Å². The smallest absolute Gasteiger partial charge is 0.255 e. The highest BCUT2D eigenvalue weighted by molar-refractivity contribution is 9.10. The molecule has 3 aromatic rings. The van der Waals surface area contributed by atoms with E-state index in [9.17, 15) is 4.79 Å². The van der Waals surface area contributed by atoms with Crippen LogP contribution in [0.4, 0.5) is 0 Å². The van der Waals surface area contributed by atoms with Gasteiger partial charge in [0.05, 0.1) is 11.5 Å². The van der Waals surface area contributed by atoms with Crippen molar-refractivity contribution in [1.29, 1.82) is 0 Å². The van der Waals surface area contributed by atoms with Gasteiger partial charge in [0, 0.05) is 23.1 Å². The number of carbonyl (C=O) groups is 1. The number of likely N-dealkylation sites (tertiary alicyclic amines) is 1. The van der Waals surface area contributed by atoms with E-state index in [2.05, 4.69) is 26.1 Å². The number of amides is 1. The van der Waals surface area contributed by atoms with Crippen molar-refractivity contribution in [3.05, 3.63) is 70.5 Å². The van der Waals surface area contributed by atoms with Crippen molar-refractivity contribution in [2.45, 2.75) is 5.92 Å². The van der Waals surface area contributed by atoms with Crippen LogP contribution in [0.25, 0.3) is 11.4 Å². The first-order valence-electron chi connectivity index (χ1n) is 7.65. The summed E-state index contributed by atoms with van der Waals surface area (Å²) in [4.78, 5) is 18.7. The maximum absolute atomic E-state index is 12.5. The summed E-state index contributed by atoms with van der Waals surface area (Å²) in [6.45, 7) is 1.19. The highest BCUT2D eigenvalue weighted by Gasteiger charge is 2.36. The second kappa shape index (κ2) is 6.20. The molecule has 1 saturated heterocycles.